The molecule has 1 aromatic carbocycles. The molecule has 6 heteroatoms. The number of carbonyl (C=O) groups excluding carboxylic acids is 1. The van der Waals surface area contributed by atoms with Crippen LogP contribution in [0.25, 0.3) is 0 Å². The first-order valence-electron chi connectivity index (χ1n) is 9.96. The fourth-order valence-corrected chi connectivity index (χ4v) is 5.74. The predicted octanol–water partition coefficient (Wildman–Crippen LogP) is 3.44. The van der Waals surface area contributed by atoms with E-state index >= 15 is 0 Å². The molecule has 27 heavy (non-hydrogen) atoms. The van der Waals surface area contributed by atoms with E-state index in [1.807, 2.05) is 18.2 Å². The standard InChI is InChI=1S/C21H26BrN3O2/c22-18-12-15(13-23)2-7-19(18)24-10-1-8-21(14-24)9-11-25(20(21)27)16-3-5-17(26)6-4-16/h2,7,12,16-17,26H,1,3-6,8-11,14H2/t16-,17-,21-/m0/s1. The second-order valence-corrected chi connectivity index (χ2v) is 9.15. The Labute approximate surface area is 169 Å². The number of piperidine rings is 1. The minimum Gasteiger partial charge on any atom is -0.393 e. The maximum atomic E-state index is 13.4. The number of aliphatic hydroxyl groups is 1. The zero-order valence-electron chi connectivity index (χ0n) is 15.5. The number of rotatable bonds is 2. The van der Waals surface area contributed by atoms with Crippen molar-refractivity contribution in [2.24, 2.45) is 5.41 Å². The first-order valence-corrected chi connectivity index (χ1v) is 10.8. The number of anilines is 1. The molecular formula is C21H26BrN3O2. The van der Waals surface area contributed by atoms with Gasteiger partial charge in [-0.05, 0) is 79.1 Å². The van der Waals surface area contributed by atoms with Crippen LogP contribution in [-0.4, -0.2) is 47.7 Å². The fourth-order valence-electron chi connectivity index (χ4n) is 5.11. The smallest absolute Gasteiger partial charge is 0.230 e. The van der Waals surface area contributed by atoms with Crippen molar-refractivity contribution in [1.82, 2.24) is 4.90 Å². The monoisotopic (exact) mass is 431 g/mol. The van der Waals surface area contributed by atoms with E-state index in [1.165, 1.54) is 0 Å². The third kappa shape index (κ3) is 3.48. The van der Waals surface area contributed by atoms with Crippen LogP contribution in [0.3, 0.4) is 0 Å². The van der Waals surface area contributed by atoms with E-state index in [4.69, 9.17) is 5.26 Å². The van der Waals surface area contributed by atoms with Gasteiger partial charge in [-0.15, -0.1) is 0 Å². The first kappa shape index (κ1) is 18.8. The number of nitrogens with zero attached hydrogens (tertiary/aromatic N) is 3. The molecule has 1 N–H and O–H groups in total. The van der Waals surface area contributed by atoms with Crippen LogP contribution in [0.15, 0.2) is 22.7 Å². The lowest BCUT2D eigenvalue weighted by molar-refractivity contribution is -0.139. The van der Waals surface area contributed by atoms with Crippen molar-refractivity contribution in [3.8, 4) is 6.07 Å². The Bertz CT molecular complexity index is 769. The largest absolute Gasteiger partial charge is 0.393 e. The number of nitriles is 1. The second-order valence-electron chi connectivity index (χ2n) is 8.29. The number of benzene rings is 1. The Morgan fingerprint density at radius 3 is 2.67 bits per heavy atom. The molecule has 0 aromatic heterocycles. The number of halogens is 1. The fraction of sp³-hybridized carbons (Fsp3) is 0.619. The quantitative estimate of drug-likeness (QED) is 0.778. The van der Waals surface area contributed by atoms with Crippen molar-refractivity contribution in [2.75, 3.05) is 24.5 Å². The average Bonchev–Trinajstić information content (AvgIpc) is 2.98. The summed E-state index contributed by atoms with van der Waals surface area (Å²) in [6, 6.07) is 8.16. The Morgan fingerprint density at radius 1 is 1.19 bits per heavy atom. The van der Waals surface area contributed by atoms with Crippen molar-refractivity contribution in [3.05, 3.63) is 28.2 Å². The first-order chi connectivity index (χ1) is 13.0. The summed E-state index contributed by atoms with van der Waals surface area (Å²) in [7, 11) is 0. The molecule has 2 aliphatic heterocycles. The van der Waals surface area contributed by atoms with E-state index < -0.39 is 0 Å². The molecule has 2 saturated heterocycles. The Balaban J connectivity index is 1.51. The molecule has 1 spiro atoms. The van der Waals surface area contributed by atoms with Crippen LogP contribution < -0.4 is 4.90 Å². The summed E-state index contributed by atoms with van der Waals surface area (Å²) >= 11 is 3.60. The molecule has 4 rings (SSSR count). The van der Waals surface area contributed by atoms with E-state index in [-0.39, 0.29) is 11.5 Å². The zero-order valence-corrected chi connectivity index (χ0v) is 17.1. The molecule has 0 bridgehead atoms. The number of aliphatic hydroxyl groups excluding tert-OH is 1. The lowest BCUT2D eigenvalue weighted by Crippen LogP contribution is -2.50. The third-order valence-corrected chi connectivity index (χ3v) is 7.28. The number of amides is 1. The molecule has 0 radical (unpaired) electrons. The van der Waals surface area contributed by atoms with Gasteiger partial charge in [-0.2, -0.15) is 5.26 Å². The lowest BCUT2D eigenvalue weighted by atomic mass is 9.78. The Hall–Kier alpha value is -1.58. The molecule has 3 fully saturated rings. The van der Waals surface area contributed by atoms with Crippen LogP contribution in [0.4, 0.5) is 5.69 Å². The summed E-state index contributed by atoms with van der Waals surface area (Å²) in [5, 5.41) is 18.9. The van der Waals surface area contributed by atoms with Gasteiger partial charge in [0.15, 0.2) is 0 Å². The number of hydrogen-bond acceptors (Lipinski definition) is 4. The third-order valence-electron chi connectivity index (χ3n) is 6.65. The van der Waals surface area contributed by atoms with Crippen molar-refractivity contribution < 1.29 is 9.90 Å². The van der Waals surface area contributed by atoms with Gasteiger partial charge in [0.1, 0.15) is 0 Å². The van der Waals surface area contributed by atoms with E-state index in [9.17, 15) is 9.90 Å². The van der Waals surface area contributed by atoms with E-state index in [0.717, 1.165) is 74.7 Å². The molecular weight excluding hydrogens is 406 g/mol. The van der Waals surface area contributed by atoms with E-state index in [1.54, 1.807) is 0 Å². The van der Waals surface area contributed by atoms with Gasteiger partial charge in [-0.1, -0.05) is 0 Å². The highest BCUT2D eigenvalue weighted by Gasteiger charge is 2.50. The van der Waals surface area contributed by atoms with Crippen LogP contribution in [-0.2, 0) is 4.79 Å². The lowest BCUT2D eigenvalue weighted by Gasteiger charge is -2.41. The van der Waals surface area contributed by atoms with Gasteiger partial charge in [0.2, 0.25) is 5.91 Å². The highest BCUT2D eigenvalue weighted by molar-refractivity contribution is 9.10. The maximum Gasteiger partial charge on any atom is 0.230 e. The predicted molar refractivity (Wildman–Crippen MR) is 107 cm³/mol. The molecule has 0 unspecified atom stereocenters. The molecule has 1 atom stereocenters. The maximum absolute atomic E-state index is 13.4. The van der Waals surface area contributed by atoms with Crippen molar-refractivity contribution >= 4 is 27.5 Å². The summed E-state index contributed by atoms with van der Waals surface area (Å²) in [5.41, 5.74) is 1.43. The normalized spacial score (nSPS) is 31.4. The number of hydrogen-bond donors (Lipinski definition) is 1. The zero-order chi connectivity index (χ0) is 19.0. The highest BCUT2D eigenvalue weighted by Crippen LogP contribution is 2.44. The molecule has 1 amide bonds. The van der Waals surface area contributed by atoms with Crippen LogP contribution in [0, 0.1) is 16.7 Å². The summed E-state index contributed by atoms with van der Waals surface area (Å²) in [6.07, 6.45) is 6.18. The minimum atomic E-state index is -0.276. The van der Waals surface area contributed by atoms with Crippen LogP contribution in [0.2, 0.25) is 0 Å². The topological polar surface area (TPSA) is 67.6 Å². The minimum absolute atomic E-state index is 0.188. The second kappa shape index (κ2) is 7.44. The molecule has 2 heterocycles. The summed E-state index contributed by atoms with van der Waals surface area (Å²) in [5.74, 6) is 0.318. The Morgan fingerprint density at radius 2 is 1.96 bits per heavy atom. The summed E-state index contributed by atoms with van der Waals surface area (Å²) in [6.45, 7) is 2.54. The molecule has 1 saturated carbocycles. The van der Waals surface area contributed by atoms with Gasteiger partial charge in [0, 0.05) is 30.1 Å². The van der Waals surface area contributed by atoms with Crippen molar-refractivity contribution in [2.45, 2.75) is 57.1 Å². The number of likely N-dealkylation sites (tertiary alicyclic amines) is 1. The van der Waals surface area contributed by atoms with Gasteiger partial charge < -0.3 is 14.9 Å². The van der Waals surface area contributed by atoms with Gasteiger partial charge in [-0.3, -0.25) is 4.79 Å². The molecule has 144 valence electrons. The van der Waals surface area contributed by atoms with Crippen LogP contribution in [0.1, 0.15) is 50.5 Å². The highest BCUT2D eigenvalue weighted by atomic mass is 79.9. The molecule has 5 nitrogen and oxygen atoms in total. The van der Waals surface area contributed by atoms with E-state index in [2.05, 4.69) is 31.8 Å². The average molecular weight is 432 g/mol. The molecule has 1 aliphatic carbocycles. The summed E-state index contributed by atoms with van der Waals surface area (Å²) in [4.78, 5) is 17.8. The van der Waals surface area contributed by atoms with Gasteiger partial charge >= 0.3 is 0 Å². The van der Waals surface area contributed by atoms with Crippen LogP contribution >= 0.6 is 15.9 Å². The van der Waals surface area contributed by atoms with Crippen LogP contribution in [0.5, 0.6) is 0 Å². The number of carbonyl (C=O) groups is 1. The Kier molecular flexibility index (Phi) is 5.17. The molecule has 3 aliphatic rings. The van der Waals surface area contributed by atoms with Gasteiger partial charge in [0.05, 0.1) is 28.8 Å². The van der Waals surface area contributed by atoms with Gasteiger partial charge in [-0.25, -0.2) is 0 Å². The van der Waals surface area contributed by atoms with E-state index in [0.29, 0.717) is 17.5 Å². The summed E-state index contributed by atoms with van der Waals surface area (Å²) < 4.78 is 0.919. The van der Waals surface area contributed by atoms with Crippen molar-refractivity contribution in [1.29, 1.82) is 5.26 Å². The van der Waals surface area contributed by atoms with Gasteiger partial charge in [0.25, 0.3) is 0 Å². The SMILES string of the molecule is N#Cc1ccc(N2CCC[C@]3(CCN([C@H]4CC[C@H](O)CC4)C3=O)C2)c(Br)c1. The molecule has 1 aromatic rings. The van der Waals surface area contributed by atoms with Crippen molar-refractivity contribution in [3.63, 3.8) is 0 Å².